The van der Waals surface area contributed by atoms with Gasteiger partial charge in [0.25, 0.3) is 0 Å². The molecule has 0 fully saturated rings. The van der Waals surface area contributed by atoms with Crippen LogP contribution < -0.4 is 10.6 Å². The topological polar surface area (TPSA) is 178 Å². The van der Waals surface area contributed by atoms with Crippen LogP contribution in [0.3, 0.4) is 0 Å². The van der Waals surface area contributed by atoms with Crippen LogP contribution in [-0.4, -0.2) is 65.4 Å². The first-order chi connectivity index (χ1) is 21.3. The smallest absolute Gasteiger partial charge is 0.220 e. The summed E-state index contributed by atoms with van der Waals surface area (Å²) in [6.45, 7) is 10.1. The van der Waals surface area contributed by atoms with Crippen LogP contribution in [0.2, 0.25) is 0 Å². The Bertz CT molecular complexity index is 1610. The van der Waals surface area contributed by atoms with Crippen molar-refractivity contribution in [1.82, 2.24) is 10.6 Å². The van der Waals surface area contributed by atoms with Gasteiger partial charge in [0.05, 0.1) is 13.1 Å². The van der Waals surface area contributed by atoms with Crippen LogP contribution in [-0.2, 0) is 19.2 Å². The lowest BCUT2D eigenvalue weighted by Crippen LogP contribution is -2.37. The molecule has 11 heteroatoms. The standard InChI is InChI=1S/C35H36N2O9/c1-34(2,3)13-25(40)36-15-23(38)27-30(43)19-9-7-17(11-21(19)32(27)45)29(42)18-8-10-20-22(12-18)33(46)28(31(20)44)24(39)16-37-26(41)14-35(4,5)6/h7-12,27-28H,13-16H2,1-6H3,(H,36,40)(H,37,41). The molecule has 2 aliphatic carbocycles. The van der Waals surface area contributed by atoms with Crippen molar-refractivity contribution in [1.29, 1.82) is 0 Å². The van der Waals surface area contributed by atoms with E-state index in [4.69, 9.17) is 0 Å². The van der Waals surface area contributed by atoms with Gasteiger partial charge in [-0.2, -0.15) is 0 Å². The molecule has 240 valence electrons. The van der Waals surface area contributed by atoms with E-state index in [2.05, 4.69) is 10.6 Å². The molecule has 2 aromatic rings. The lowest BCUT2D eigenvalue weighted by Gasteiger charge is -2.17. The lowest BCUT2D eigenvalue weighted by molar-refractivity contribution is -0.126. The van der Waals surface area contributed by atoms with Crippen LogP contribution in [0.25, 0.3) is 0 Å². The predicted octanol–water partition coefficient (Wildman–Crippen LogP) is 3.15. The highest BCUT2D eigenvalue weighted by Crippen LogP contribution is 2.32. The molecule has 2 atom stereocenters. The number of rotatable bonds is 10. The number of fused-ring (bicyclic) bond motifs is 2. The third-order valence-electron chi connectivity index (χ3n) is 7.62. The Balaban J connectivity index is 1.48. The zero-order chi connectivity index (χ0) is 34.3. The molecular weight excluding hydrogens is 592 g/mol. The lowest BCUT2D eigenvalue weighted by atomic mass is 9.92. The van der Waals surface area contributed by atoms with Crippen molar-refractivity contribution in [2.24, 2.45) is 22.7 Å². The summed E-state index contributed by atoms with van der Waals surface area (Å²) in [4.78, 5) is 115. The Labute approximate surface area is 265 Å². The zero-order valence-electron chi connectivity index (χ0n) is 26.6. The second-order valence-corrected chi connectivity index (χ2v) is 14.1. The van der Waals surface area contributed by atoms with Crippen molar-refractivity contribution < 1.29 is 43.2 Å². The Morgan fingerprint density at radius 1 is 0.543 bits per heavy atom. The maximum Gasteiger partial charge on any atom is 0.220 e. The van der Waals surface area contributed by atoms with Crippen LogP contribution in [0.15, 0.2) is 36.4 Å². The van der Waals surface area contributed by atoms with E-state index in [1.54, 1.807) is 0 Å². The minimum absolute atomic E-state index is 0.00242. The highest BCUT2D eigenvalue weighted by atomic mass is 16.2. The molecule has 2 amide bonds. The van der Waals surface area contributed by atoms with E-state index < -0.39 is 77.2 Å². The molecular formula is C35H36N2O9. The molecule has 11 nitrogen and oxygen atoms in total. The fourth-order valence-electron chi connectivity index (χ4n) is 5.48. The SMILES string of the molecule is CC(C)(C)CC(=O)NCC(=O)C1C(=O)c2ccc(C(=O)c3ccc4c(c3)C(=O)C(C(=O)CNC(=O)CC(C)(C)C)C4=O)cc2C1=O. The van der Waals surface area contributed by atoms with Gasteiger partial charge in [0.15, 0.2) is 40.5 Å². The summed E-state index contributed by atoms with van der Waals surface area (Å²) in [6, 6.07) is 7.60. The molecule has 0 saturated heterocycles. The summed E-state index contributed by atoms with van der Waals surface area (Å²) >= 11 is 0. The van der Waals surface area contributed by atoms with Crippen LogP contribution in [0, 0.1) is 22.7 Å². The molecule has 0 saturated carbocycles. The fourth-order valence-corrected chi connectivity index (χ4v) is 5.48. The van der Waals surface area contributed by atoms with Crippen molar-refractivity contribution in [3.05, 3.63) is 69.8 Å². The molecule has 0 radical (unpaired) electrons. The first-order valence-corrected chi connectivity index (χ1v) is 14.9. The first-order valence-electron chi connectivity index (χ1n) is 14.9. The number of amides is 2. The maximum absolute atomic E-state index is 13.4. The highest BCUT2D eigenvalue weighted by Gasteiger charge is 2.45. The minimum atomic E-state index is -1.63. The summed E-state index contributed by atoms with van der Waals surface area (Å²) in [5, 5.41) is 4.91. The van der Waals surface area contributed by atoms with Crippen molar-refractivity contribution in [2.75, 3.05) is 13.1 Å². The monoisotopic (exact) mass is 628 g/mol. The number of carbonyl (C=O) groups excluding carboxylic acids is 9. The Morgan fingerprint density at radius 3 is 1.20 bits per heavy atom. The maximum atomic E-state index is 13.4. The average Bonchev–Trinajstić information content (AvgIpc) is 3.35. The van der Waals surface area contributed by atoms with Crippen molar-refractivity contribution in [3.8, 4) is 0 Å². The van der Waals surface area contributed by atoms with E-state index in [9.17, 15) is 43.2 Å². The van der Waals surface area contributed by atoms with Gasteiger partial charge in [-0.1, -0.05) is 53.7 Å². The van der Waals surface area contributed by atoms with Crippen LogP contribution in [0.1, 0.15) is 112 Å². The number of nitrogens with one attached hydrogen (secondary N) is 2. The number of ketones is 7. The van der Waals surface area contributed by atoms with Gasteiger partial charge >= 0.3 is 0 Å². The van der Waals surface area contributed by atoms with Gasteiger partial charge in [-0.15, -0.1) is 0 Å². The zero-order valence-corrected chi connectivity index (χ0v) is 26.6. The Morgan fingerprint density at radius 2 is 0.870 bits per heavy atom. The number of benzene rings is 2. The summed E-state index contributed by atoms with van der Waals surface area (Å²) in [6.07, 6.45) is 0.293. The summed E-state index contributed by atoms with van der Waals surface area (Å²) in [5.74, 6) is -9.21. The summed E-state index contributed by atoms with van der Waals surface area (Å²) in [5.41, 5.74) is -0.912. The van der Waals surface area contributed by atoms with E-state index >= 15 is 0 Å². The molecule has 2 aliphatic rings. The van der Waals surface area contributed by atoms with Gasteiger partial charge in [0, 0.05) is 46.2 Å². The molecule has 2 aromatic carbocycles. The Hall–Kier alpha value is -4.93. The molecule has 4 rings (SSSR count). The minimum Gasteiger partial charge on any atom is -0.349 e. The second kappa shape index (κ2) is 12.5. The summed E-state index contributed by atoms with van der Waals surface area (Å²) < 4.78 is 0. The van der Waals surface area contributed by atoms with Crippen LogP contribution >= 0.6 is 0 Å². The molecule has 0 heterocycles. The normalized spacial score (nSPS) is 17.4. The number of hydrogen-bond acceptors (Lipinski definition) is 9. The van der Waals surface area contributed by atoms with Crippen molar-refractivity contribution >= 4 is 52.3 Å². The predicted molar refractivity (Wildman–Crippen MR) is 165 cm³/mol. The van der Waals surface area contributed by atoms with Crippen molar-refractivity contribution in [3.63, 3.8) is 0 Å². The van der Waals surface area contributed by atoms with Gasteiger partial charge in [-0.05, 0) is 35.1 Å². The van der Waals surface area contributed by atoms with E-state index in [-0.39, 0.29) is 57.1 Å². The summed E-state index contributed by atoms with van der Waals surface area (Å²) in [7, 11) is 0. The highest BCUT2D eigenvalue weighted by molar-refractivity contribution is 6.37. The quantitative estimate of drug-likeness (QED) is 0.295. The largest absolute Gasteiger partial charge is 0.349 e. The molecule has 2 N–H and O–H groups in total. The Kier molecular flexibility index (Phi) is 9.20. The second-order valence-electron chi connectivity index (χ2n) is 14.1. The van der Waals surface area contributed by atoms with Gasteiger partial charge in [-0.3, -0.25) is 43.2 Å². The number of carbonyl (C=O) groups is 9. The first kappa shape index (κ1) is 34.0. The molecule has 46 heavy (non-hydrogen) atoms. The number of hydrogen-bond donors (Lipinski definition) is 2. The van der Waals surface area contributed by atoms with Gasteiger partial charge < -0.3 is 10.6 Å². The third-order valence-corrected chi connectivity index (χ3v) is 7.62. The average molecular weight is 629 g/mol. The van der Waals surface area contributed by atoms with Gasteiger partial charge in [0.1, 0.15) is 11.8 Å². The van der Waals surface area contributed by atoms with E-state index in [1.807, 2.05) is 41.5 Å². The molecule has 2 unspecified atom stereocenters. The van der Waals surface area contributed by atoms with E-state index in [1.165, 1.54) is 36.4 Å². The van der Waals surface area contributed by atoms with E-state index in [0.29, 0.717) is 0 Å². The third kappa shape index (κ3) is 7.14. The van der Waals surface area contributed by atoms with Gasteiger partial charge in [-0.25, -0.2) is 0 Å². The fraction of sp³-hybridized carbons (Fsp3) is 0.400. The van der Waals surface area contributed by atoms with Crippen LogP contribution in [0.5, 0.6) is 0 Å². The van der Waals surface area contributed by atoms with Gasteiger partial charge in [0.2, 0.25) is 11.8 Å². The molecule has 0 spiro atoms. The number of Topliss-reactive ketones (excluding diaryl/α,β-unsaturated/α-hetero) is 6. The molecule has 0 aromatic heterocycles. The van der Waals surface area contributed by atoms with Crippen molar-refractivity contribution in [2.45, 2.75) is 54.4 Å². The van der Waals surface area contributed by atoms with Crippen LogP contribution in [0.4, 0.5) is 0 Å². The van der Waals surface area contributed by atoms with E-state index in [0.717, 1.165) is 0 Å². The molecule has 0 aliphatic heterocycles. The molecule has 0 bridgehead atoms.